The average Bonchev–Trinajstić information content (AvgIpc) is 3.41. The second-order valence-corrected chi connectivity index (χ2v) is 10.3. The molecule has 1 saturated carbocycles. The molecule has 156 valence electrons. The molecule has 1 fully saturated rings. The summed E-state index contributed by atoms with van der Waals surface area (Å²) in [4.78, 5) is 17.5. The summed E-state index contributed by atoms with van der Waals surface area (Å²) in [6.07, 6.45) is 1.74. The Labute approximate surface area is 176 Å². The van der Waals surface area contributed by atoms with E-state index in [1.165, 1.54) is 18.2 Å². The fourth-order valence-corrected chi connectivity index (χ4v) is 6.52. The molecule has 0 spiro atoms. The van der Waals surface area contributed by atoms with Crippen LogP contribution in [0.1, 0.15) is 25.7 Å². The van der Waals surface area contributed by atoms with Crippen molar-refractivity contribution < 1.29 is 22.0 Å². The molecule has 1 aromatic heterocycles. The second kappa shape index (κ2) is 7.88. The van der Waals surface area contributed by atoms with Gasteiger partial charge in [-0.1, -0.05) is 31.0 Å². The maximum Gasteiger partial charge on any atom is 0.248 e. The van der Waals surface area contributed by atoms with Crippen molar-refractivity contribution in [1.29, 1.82) is 0 Å². The van der Waals surface area contributed by atoms with Gasteiger partial charge in [-0.15, -0.1) is 11.3 Å². The highest BCUT2D eigenvalue weighted by Crippen LogP contribution is 2.41. The quantitative estimate of drug-likeness (QED) is 0.608. The molecule has 1 aliphatic carbocycles. The molecule has 0 radical (unpaired) electrons. The van der Waals surface area contributed by atoms with E-state index in [1.807, 2.05) is 0 Å². The third kappa shape index (κ3) is 3.52. The molecule has 1 heterocycles. The van der Waals surface area contributed by atoms with E-state index in [0.717, 1.165) is 23.5 Å². The van der Waals surface area contributed by atoms with E-state index < -0.39 is 32.1 Å². The van der Waals surface area contributed by atoms with Crippen molar-refractivity contribution in [3.8, 4) is 11.3 Å². The number of aromatic nitrogens is 1. The zero-order valence-electron chi connectivity index (χ0n) is 15.8. The van der Waals surface area contributed by atoms with Crippen molar-refractivity contribution in [2.45, 2.75) is 35.3 Å². The fraction of sp³-hybridized carbons (Fsp3) is 0.238. The number of nitrogens with zero attached hydrogens (tertiary/aromatic N) is 1. The molecule has 0 unspecified atom stereocenters. The molecule has 30 heavy (non-hydrogen) atoms. The van der Waals surface area contributed by atoms with E-state index in [1.54, 1.807) is 23.6 Å². The summed E-state index contributed by atoms with van der Waals surface area (Å²) < 4.78 is 51.7. The first-order valence-corrected chi connectivity index (χ1v) is 11.7. The smallest absolute Gasteiger partial charge is 0.248 e. The minimum atomic E-state index is -3.90. The third-order valence-corrected chi connectivity index (χ3v) is 8.61. The number of halogens is 2. The Morgan fingerprint density at radius 3 is 2.40 bits per heavy atom. The highest BCUT2D eigenvalue weighted by atomic mass is 32.2. The van der Waals surface area contributed by atoms with Crippen molar-refractivity contribution in [2.24, 2.45) is 0 Å². The molecule has 1 aliphatic rings. The first-order valence-electron chi connectivity index (χ1n) is 9.36. The van der Waals surface area contributed by atoms with E-state index in [0.29, 0.717) is 24.1 Å². The Bertz CT molecular complexity index is 1190. The first kappa shape index (κ1) is 20.6. The summed E-state index contributed by atoms with van der Waals surface area (Å²) in [6, 6.07) is 11.4. The van der Waals surface area contributed by atoms with Gasteiger partial charge in [0.25, 0.3) is 0 Å². The molecule has 4 rings (SSSR count). The number of nitrogens with one attached hydrogen (secondary N) is 1. The van der Waals surface area contributed by atoms with Crippen molar-refractivity contribution >= 4 is 32.2 Å². The van der Waals surface area contributed by atoms with Gasteiger partial charge in [0, 0.05) is 10.9 Å². The van der Waals surface area contributed by atoms with Gasteiger partial charge in [-0.05, 0) is 43.2 Å². The topological polar surface area (TPSA) is 76.1 Å². The van der Waals surface area contributed by atoms with Gasteiger partial charge >= 0.3 is 0 Å². The van der Waals surface area contributed by atoms with Gasteiger partial charge in [-0.3, -0.25) is 4.79 Å². The Hall–Kier alpha value is -2.65. The second-order valence-electron chi connectivity index (χ2n) is 7.14. The number of anilines is 1. The molecule has 1 N–H and O–H groups in total. The zero-order chi connectivity index (χ0) is 21.4. The van der Waals surface area contributed by atoms with Crippen LogP contribution in [0.5, 0.6) is 0 Å². The van der Waals surface area contributed by atoms with E-state index in [-0.39, 0.29) is 22.9 Å². The maximum absolute atomic E-state index is 13.5. The van der Waals surface area contributed by atoms with Gasteiger partial charge < -0.3 is 5.32 Å². The number of carbonyl (C=O) groups excluding carboxylic acids is 1. The molecule has 2 aromatic carbocycles. The number of rotatable bonds is 5. The van der Waals surface area contributed by atoms with Crippen LogP contribution in [-0.4, -0.2) is 24.1 Å². The van der Waals surface area contributed by atoms with Gasteiger partial charge in [0.05, 0.1) is 10.6 Å². The van der Waals surface area contributed by atoms with Crippen molar-refractivity contribution in [2.75, 3.05) is 5.32 Å². The number of carbonyl (C=O) groups is 1. The number of hydrogen-bond acceptors (Lipinski definition) is 5. The van der Waals surface area contributed by atoms with Crippen LogP contribution in [0.25, 0.3) is 11.3 Å². The molecule has 0 atom stereocenters. The molecule has 0 saturated heterocycles. The molecule has 0 bridgehead atoms. The lowest BCUT2D eigenvalue weighted by Crippen LogP contribution is -2.47. The first-order chi connectivity index (χ1) is 14.3. The molecular weight excluding hydrogens is 430 g/mol. The normalized spacial score (nSPS) is 15.8. The van der Waals surface area contributed by atoms with Crippen LogP contribution >= 0.6 is 11.3 Å². The summed E-state index contributed by atoms with van der Waals surface area (Å²) in [7, 11) is -3.90. The summed E-state index contributed by atoms with van der Waals surface area (Å²) >= 11 is 1.09. The molecule has 9 heteroatoms. The standard InChI is InChI=1S/C21H18F2N2O3S2/c22-16-9-8-14(12-17(16)23)18-13-29-20(24-18)25-19(26)21(10-4-5-11-21)30(27,28)15-6-2-1-3-7-15/h1-3,6-9,12-13H,4-5,10-11H2,(H,24,25,26). The minimum Gasteiger partial charge on any atom is -0.301 e. The minimum absolute atomic E-state index is 0.115. The van der Waals surface area contributed by atoms with Gasteiger partial charge in [-0.25, -0.2) is 22.2 Å². The number of benzene rings is 2. The van der Waals surface area contributed by atoms with E-state index in [9.17, 15) is 22.0 Å². The predicted octanol–water partition coefficient (Wildman–Crippen LogP) is 4.81. The monoisotopic (exact) mass is 448 g/mol. The number of thiazole rings is 1. The lowest BCUT2D eigenvalue weighted by molar-refractivity contribution is -0.118. The Morgan fingerprint density at radius 1 is 1.03 bits per heavy atom. The largest absolute Gasteiger partial charge is 0.301 e. The Morgan fingerprint density at radius 2 is 1.73 bits per heavy atom. The Kier molecular flexibility index (Phi) is 5.42. The summed E-state index contributed by atoms with van der Waals surface area (Å²) in [5.41, 5.74) is 0.721. The van der Waals surface area contributed by atoms with E-state index in [2.05, 4.69) is 10.3 Å². The van der Waals surface area contributed by atoms with E-state index >= 15 is 0 Å². The predicted molar refractivity (Wildman–Crippen MR) is 111 cm³/mol. The molecule has 1 amide bonds. The number of hydrogen-bond donors (Lipinski definition) is 1. The molecular formula is C21H18F2N2O3S2. The molecule has 0 aliphatic heterocycles. The van der Waals surface area contributed by atoms with Crippen molar-refractivity contribution in [1.82, 2.24) is 4.98 Å². The third-order valence-electron chi connectivity index (χ3n) is 5.33. The SMILES string of the molecule is O=C(Nc1nc(-c2ccc(F)c(F)c2)cs1)C1(S(=O)(=O)c2ccccc2)CCCC1. The number of amides is 1. The van der Waals surface area contributed by atoms with Crippen molar-refractivity contribution in [3.63, 3.8) is 0 Å². The molecule has 3 aromatic rings. The van der Waals surface area contributed by atoms with Gasteiger partial charge in [0.2, 0.25) is 5.91 Å². The summed E-state index contributed by atoms with van der Waals surface area (Å²) in [5.74, 6) is -2.57. The summed E-state index contributed by atoms with van der Waals surface area (Å²) in [5, 5.41) is 4.43. The molecule has 5 nitrogen and oxygen atoms in total. The Balaban J connectivity index is 1.62. The number of sulfone groups is 1. The van der Waals surface area contributed by atoms with Crippen LogP contribution in [0.2, 0.25) is 0 Å². The maximum atomic E-state index is 13.5. The average molecular weight is 449 g/mol. The van der Waals surface area contributed by atoms with Gasteiger partial charge in [-0.2, -0.15) is 0 Å². The van der Waals surface area contributed by atoms with Crippen LogP contribution in [-0.2, 0) is 14.6 Å². The van der Waals surface area contributed by atoms with Crippen LogP contribution in [0, 0.1) is 11.6 Å². The van der Waals surface area contributed by atoms with Gasteiger partial charge in [0.15, 0.2) is 31.4 Å². The van der Waals surface area contributed by atoms with Crippen LogP contribution in [0.4, 0.5) is 13.9 Å². The zero-order valence-corrected chi connectivity index (χ0v) is 17.4. The highest BCUT2D eigenvalue weighted by molar-refractivity contribution is 7.93. The van der Waals surface area contributed by atoms with Crippen molar-refractivity contribution in [3.05, 3.63) is 65.5 Å². The lowest BCUT2D eigenvalue weighted by atomic mass is 10.1. The van der Waals surface area contributed by atoms with E-state index in [4.69, 9.17) is 0 Å². The van der Waals surface area contributed by atoms with Gasteiger partial charge in [0.1, 0.15) is 0 Å². The summed E-state index contributed by atoms with van der Waals surface area (Å²) in [6.45, 7) is 0. The lowest BCUT2D eigenvalue weighted by Gasteiger charge is -2.27. The van der Waals surface area contributed by atoms with Crippen LogP contribution < -0.4 is 5.32 Å². The van der Waals surface area contributed by atoms with Crippen LogP contribution in [0.15, 0.2) is 58.8 Å². The van der Waals surface area contributed by atoms with Crippen LogP contribution in [0.3, 0.4) is 0 Å². The fourth-order valence-electron chi connectivity index (χ4n) is 3.72. The highest BCUT2D eigenvalue weighted by Gasteiger charge is 2.53.